The second-order valence-corrected chi connectivity index (χ2v) is 9.75. The summed E-state index contributed by atoms with van der Waals surface area (Å²) in [6, 6.07) is 0. The predicted molar refractivity (Wildman–Crippen MR) is 108 cm³/mol. The summed E-state index contributed by atoms with van der Waals surface area (Å²) < 4.78 is 0.452. The first-order chi connectivity index (χ1) is 13.8. The number of carbonyl (C=O) groups is 4. The van der Waals surface area contributed by atoms with Gasteiger partial charge in [0.05, 0.1) is 18.7 Å². The van der Waals surface area contributed by atoms with E-state index in [1.807, 2.05) is 0 Å². The third-order valence-corrected chi connectivity index (χ3v) is 7.81. The SMILES string of the molecule is CC1=C(CN(C)C(=O)Sc2nc(CC(=O)O)cs2)C(=O)C2=C(C1=O)C1CCC2C1. The molecule has 2 unspecified atom stereocenters. The minimum atomic E-state index is -0.979. The molecule has 0 radical (unpaired) electrons. The second-order valence-electron chi connectivity index (χ2n) is 7.70. The number of amides is 1. The summed E-state index contributed by atoms with van der Waals surface area (Å²) in [4.78, 5) is 54.8. The number of thioether (sulfide) groups is 1. The molecule has 1 saturated carbocycles. The van der Waals surface area contributed by atoms with E-state index < -0.39 is 5.97 Å². The number of ketones is 2. The van der Waals surface area contributed by atoms with Gasteiger partial charge in [-0.3, -0.25) is 19.2 Å². The van der Waals surface area contributed by atoms with Crippen molar-refractivity contribution in [1.82, 2.24) is 9.88 Å². The molecule has 152 valence electrons. The number of carbonyl (C=O) groups excluding carboxylic acids is 3. The Kier molecular flexibility index (Phi) is 5.20. The van der Waals surface area contributed by atoms with Crippen molar-refractivity contribution in [3.8, 4) is 0 Å². The summed E-state index contributed by atoms with van der Waals surface area (Å²) in [6.45, 7) is 1.75. The van der Waals surface area contributed by atoms with Crippen LogP contribution in [0.15, 0.2) is 32.0 Å². The number of rotatable bonds is 5. The fourth-order valence-corrected chi connectivity index (χ4v) is 6.08. The molecule has 7 nitrogen and oxygen atoms in total. The summed E-state index contributed by atoms with van der Waals surface area (Å²) in [5.41, 5.74) is 2.68. The van der Waals surface area contributed by atoms with Gasteiger partial charge < -0.3 is 10.0 Å². The minimum absolute atomic E-state index is 0.0338. The summed E-state index contributed by atoms with van der Waals surface area (Å²) >= 11 is 2.10. The summed E-state index contributed by atoms with van der Waals surface area (Å²) in [6.07, 6.45) is 2.65. The summed E-state index contributed by atoms with van der Waals surface area (Å²) in [7, 11) is 1.59. The Morgan fingerprint density at radius 3 is 2.55 bits per heavy atom. The number of nitrogens with zero attached hydrogens (tertiary/aromatic N) is 2. The number of carboxylic acid groups (broad SMARTS) is 1. The van der Waals surface area contributed by atoms with Gasteiger partial charge in [0.2, 0.25) is 0 Å². The van der Waals surface area contributed by atoms with Crippen LogP contribution in [-0.4, -0.2) is 51.4 Å². The average molecular weight is 433 g/mol. The van der Waals surface area contributed by atoms with E-state index in [-0.39, 0.29) is 41.6 Å². The lowest BCUT2D eigenvalue weighted by atomic mass is 9.77. The first-order valence-electron chi connectivity index (χ1n) is 9.38. The Bertz CT molecular complexity index is 1010. The normalized spacial score (nSPS) is 23.1. The summed E-state index contributed by atoms with van der Waals surface area (Å²) in [5, 5.41) is 10.1. The maximum Gasteiger partial charge on any atom is 0.309 e. The number of Topliss-reactive ketones (excluding diaryl/α,β-unsaturated/α-hetero) is 2. The van der Waals surface area contributed by atoms with Gasteiger partial charge in [-0.15, -0.1) is 11.3 Å². The Hall–Kier alpha value is -2.26. The molecule has 2 bridgehead atoms. The van der Waals surface area contributed by atoms with Gasteiger partial charge in [0.25, 0.3) is 5.24 Å². The van der Waals surface area contributed by atoms with Crippen molar-refractivity contribution in [3.63, 3.8) is 0 Å². The van der Waals surface area contributed by atoms with Crippen molar-refractivity contribution in [2.45, 2.75) is 36.9 Å². The number of hydrogen-bond acceptors (Lipinski definition) is 7. The monoisotopic (exact) mass is 432 g/mol. The van der Waals surface area contributed by atoms with Crippen molar-refractivity contribution in [2.24, 2.45) is 11.8 Å². The van der Waals surface area contributed by atoms with Gasteiger partial charge in [-0.25, -0.2) is 4.98 Å². The van der Waals surface area contributed by atoms with Crippen LogP contribution in [-0.2, 0) is 20.8 Å². The van der Waals surface area contributed by atoms with Crippen LogP contribution in [0.1, 0.15) is 31.9 Å². The molecule has 1 aromatic heterocycles. The fourth-order valence-electron chi connectivity index (χ4n) is 4.45. The highest BCUT2D eigenvalue weighted by Gasteiger charge is 2.48. The van der Waals surface area contributed by atoms with E-state index in [0.29, 0.717) is 26.8 Å². The molecule has 0 aliphatic heterocycles. The predicted octanol–water partition coefficient (Wildman–Crippen LogP) is 3.11. The van der Waals surface area contributed by atoms with E-state index in [1.165, 1.54) is 16.2 Å². The number of thiazole rings is 1. The van der Waals surface area contributed by atoms with Crippen molar-refractivity contribution < 1.29 is 24.3 Å². The van der Waals surface area contributed by atoms with E-state index in [2.05, 4.69) is 4.98 Å². The Labute approximate surface area is 175 Å². The van der Waals surface area contributed by atoms with Crippen LogP contribution in [0.3, 0.4) is 0 Å². The van der Waals surface area contributed by atoms with Crippen LogP contribution < -0.4 is 0 Å². The number of aromatic nitrogens is 1. The number of aliphatic carboxylic acids is 1. The molecule has 0 aromatic carbocycles. The number of likely N-dealkylation sites (N-methyl/N-ethyl adjacent to an activating group) is 1. The Morgan fingerprint density at radius 2 is 1.90 bits per heavy atom. The second kappa shape index (κ2) is 7.53. The molecule has 9 heteroatoms. The average Bonchev–Trinajstić information content (AvgIpc) is 3.38. The van der Waals surface area contributed by atoms with E-state index in [0.717, 1.165) is 36.6 Å². The maximum absolute atomic E-state index is 13.1. The quantitative estimate of drug-likeness (QED) is 0.563. The largest absolute Gasteiger partial charge is 0.481 e. The molecule has 0 saturated heterocycles. The maximum atomic E-state index is 13.1. The topological polar surface area (TPSA) is 105 Å². The number of allylic oxidation sites excluding steroid dienone is 3. The van der Waals surface area contributed by atoms with E-state index in [1.54, 1.807) is 19.4 Å². The molecule has 1 fully saturated rings. The van der Waals surface area contributed by atoms with Crippen molar-refractivity contribution in [3.05, 3.63) is 33.4 Å². The van der Waals surface area contributed by atoms with E-state index in [9.17, 15) is 19.2 Å². The minimum Gasteiger partial charge on any atom is -0.481 e. The zero-order valence-corrected chi connectivity index (χ0v) is 17.7. The number of fused-ring (bicyclic) bond motifs is 4. The van der Waals surface area contributed by atoms with Gasteiger partial charge in [0.15, 0.2) is 15.9 Å². The van der Waals surface area contributed by atoms with E-state index in [4.69, 9.17) is 5.11 Å². The van der Waals surface area contributed by atoms with Gasteiger partial charge in [-0.2, -0.15) is 0 Å². The smallest absolute Gasteiger partial charge is 0.309 e. The fraction of sp³-hybridized carbons (Fsp3) is 0.450. The van der Waals surface area contributed by atoms with Gasteiger partial charge in [-0.05, 0) is 38.0 Å². The molecule has 3 aliphatic carbocycles. The van der Waals surface area contributed by atoms with Gasteiger partial charge >= 0.3 is 5.97 Å². The highest BCUT2D eigenvalue weighted by atomic mass is 32.2. The highest BCUT2D eigenvalue weighted by Crippen LogP contribution is 2.52. The lowest BCUT2D eigenvalue weighted by molar-refractivity contribution is -0.136. The first-order valence-corrected chi connectivity index (χ1v) is 11.1. The molecule has 1 amide bonds. The van der Waals surface area contributed by atoms with Gasteiger partial charge in [0.1, 0.15) is 0 Å². The molecule has 1 aromatic rings. The lowest BCUT2D eigenvalue weighted by Crippen LogP contribution is -2.33. The molecule has 4 rings (SSSR count). The third-order valence-electron chi connectivity index (χ3n) is 5.84. The number of hydrogen-bond donors (Lipinski definition) is 1. The zero-order chi connectivity index (χ0) is 20.9. The zero-order valence-electron chi connectivity index (χ0n) is 16.1. The molecule has 2 atom stereocenters. The van der Waals surface area contributed by atoms with Crippen LogP contribution in [0.2, 0.25) is 0 Å². The van der Waals surface area contributed by atoms with Crippen molar-refractivity contribution in [2.75, 3.05) is 13.6 Å². The van der Waals surface area contributed by atoms with Crippen LogP contribution in [0.4, 0.5) is 4.79 Å². The Morgan fingerprint density at radius 1 is 1.24 bits per heavy atom. The summed E-state index contributed by atoms with van der Waals surface area (Å²) in [5.74, 6) is -0.677. The molecular weight excluding hydrogens is 412 g/mol. The lowest BCUT2D eigenvalue weighted by Gasteiger charge is -2.27. The number of carboxylic acids is 1. The molecule has 0 spiro atoms. The molecule has 1 N–H and O–H groups in total. The molecule has 3 aliphatic rings. The third kappa shape index (κ3) is 3.57. The molecule has 29 heavy (non-hydrogen) atoms. The molecule has 1 heterocycles. The van der Waals surface area contributed by atoms with Crippen LogP contribution in [0, 0.1) is 11.8 Å². The van der Waals surface area contributed by atoms with Crippen molar-refractivity contribution in [1.29, 1.82) is 0 Å². The van der Waals surface area contributed by atoms with Gasteiger partial charge in [0, 0.05) is 46.5 Å². The first kappa shape index (κ1) is 20.0. The Balaban J connectivity index is 1.46. The highest BCUT2D eigenvalue weighted by molar-refractivity contribution is 8.14. The molecular formula is C20H20N2O5S2. The van der Waals surface area contributed by atoms with Crippen molar-refractivity contribution >= 4 is 45.9 Å². The van der Waals surface area contributed by atoms with Crippen LogP contribution in [0.5, 0.6) is 0 Å². The standard InChI is InChI=1S/C20H20N2O5S2/c1-9-13(18(26)16-11-4-3-10(5-11)15(16)17(9)25)7-22(2)20(27)29-19-21-12(8-28-19)6-14(23)24/h8,10-11H,3-7H2,1-2H3,(H,23,24). The van der Waals surface area contributed by atoms with Crippen LogP contribution in [0.25, 0.3) is 0 Å². The van der Waals surface area contributed by atoms with Gasteiger partial charge in [-0.1, -0.05) is 0 Å². The van der Waals surface area contributed by atoms with Crippen LogP contribution >= 0.6 is 23.1 Å². The van der Waals surface area contributed by atoms with E-state index >= 15 is 0 Å².